The van der Waals surface area contributed by atoms with Gasteiger partial charge in [0, 0.05) is 11.6 Å². The van der Waals surface area contributed by atoms with Crippen LogP contribution in [0.3, 0.4) is 0 Å². The zero-order valence-corrected chi connectivity index (χ0v) is 11.0. The van der Waals surface area contributed by atoms with Crippen molar-refractivity contribution in [1.82, 2.24) is 0 Å². The summed E-state index contributed by atoms with van der Waals surface area (Å²) in [5, 5.41) is 8.91. The SMILES string of the molecule is COc1cc(Cl)c2c(c1)C[C@@H](C(=O)O)[C@@H](C(F)(F)F)O2. The average Bonchev–Trinajstić information content (AvgIpc) is 2.35. The Morgan fingerprint density at radius 1 is 1.50 bits per heavy atom. The Morgan fingerprint density at radius 2 is 2.15 bits per heavy atom. The number of fused-ring (bicyclic) bond motifs is 1. The molecule has 0 saturated carbocycles. The average molecular weight is 311 g/mol. The number of carboxylic acids is 1. The lowest BCUT2D eigenvalue weighted by Crippen LogP contribution is -2.47. The Bertz CT molecular complexity index is 544. The summed E-state index contributed by atoms with van der Waals surface area (Å²) in [4.78, 5) is 11.0. The molecule has 0 fully saturated rings. The van der Waals surface area contributed by atoms with E-state index in [1.165, 1.54) is 19.2 Å². The van der Waals surface area contributed by atoms with Crippen LogP contribution in [0.5, 0.6) is 11.5 Å². The lowest BCUT2D eigenvalue weighted by molar-refractivity contribution is -0.217. The number of carbonyl (C=O) groups is 1. The van der Waals surface area contributed by atoms with Crippen molar-refractivity contribution in [3.8, 4) is 11.5 Å². The number of carboxylic acid groups (broad SMARTS) is 1. The van der Waals surface area contributed by atoms with Crippen molar-refractivity contribution in [2.45, 2.75) is 18.7 Å². The summed E-state index contributed by atoms with van der Waals surface area (Å²) in [7, 11) is 1.37. The normalized spacial score (nSPS) is 21.9. The number of ether oxygens (including phenoxy) is 2. The molecule has 1 aromatic carbocycles. The molecule has 0 aromatic heterocycles. The van der Waals surface area contributed by atoms with E-state index < -0.39 is 24.2 Å². The highest BCUT2D eigenvalue weighted by molar-refractivity contribution is 6.32. The summed E-state index contributed by atoms with van der Waals surface area (Å²) in [6.07, 6.45) is -7.53. The van der Waals surface area contributed by atoms with Gasteiger partial charge in [0.2, 0.25) is 6.10 Å². The van der Waals surface area contributed by atoms with Gasteiger partial charge in [0.15, 0.2) is 0 Å². The summed E-state index contributed by atoms with van der Waals surface area (Å²) in [5.41, 5.74) is 0.280. The quantitative estimate of drug-likeness (QED) is 0.912. The molecule has 0 bridgehead atoms. The number of alkyl halides is 3. The molecule has 1 N–H and O–H groups in total. The molecule has 0 saturated heterocycles. The number of hydrogen-bond acceptors (Lipinski definition) is 3. The second-order valence-electron chi connectivity index (χ2n) is 4.33. The molecule has 2 rings (SSSR count). The van der Waals surface area contributed by atoms with Crippen LogP contribution in [0.4, 0.5) is 13.2 Å². The molecule has 1 heterocycles. The van der Waals surface area contributed by atoms with Gasteiger partial charge in [-0.3, -0.25) is 4.79 Å². The predicted molar refractivity (Wildman–Crippen MR) is 63.3 cm³/mol. The van der Waals surface area contributed by atoms with Crippen LogP contribution in [0.25, 0.3) is 0 Å². The molecule has 1 aromatic rings. The van der Waals surface area contributed by atoms with Crippen LogP contribution in [-0.2, 0) is 11.2 Å². The first kappa shape index (κ1) is 14.8. The van der Waals surface area contributed by atoms with E-state index in [4.69, 9.17) is 26.2 Å². The van der Waals surface area contributed by atoms with Crippen LogP contribution in [-0.4, -0.2) is 30.5 Å². The number of hydrogen-bond donors (Lipinski definition) is 1. The van der Waals surface area contributed by atoms with Gasteiger partial charge < -0.3 is 14.6 Å². The lowest BCUT2D eigenvalue weighted by Gasteiger charge is -2.33. The van der Waals surface area contributed by atoms with Crippen molar-refractivity contribution in [1.29, 1.82) is 0 Å². The first-order chi connectivity index (χ1) is 9.24. The van der Waals surface area contributed by atoms with Gasteiger partial charge in [0.25, 0.3) is 0 Å². The van der Waals surface area contributed by atoms with Gasteiger partial charge in [-0.2, -0.15) is 13.2 Å². The lowest BCUT2D eigenvalue weighted by atomic mass is 9.90. The zero-order chi connectivity index (χ0) is 15.1. The third-order valence-corrected chi connectivity index (χ3v) is 3.30. The van der Waals surface area contributed by atoms with Crippen LogP contribution < -0.4 is 9.47 Å². The van der Waals surface area contributed by atoms with Crippen molar-refractivity contribution in [2.75, 3.05) is 7.11 Å². The van der Waals surface area contributed by atoms with E-state index in [0.29, 0.717) is 5.75 Å². The molecular formula is C12H10ClF3O4. The van der Waals surface area contributed by atoms with Crippen LogP contribution >= 0.6 is 11.6 Å². The number of methoxy groups -OCH3 is 1. The standard InChI is InChI=1S/C12H10ClF3O4/c1-19-6-2-5-3-7(11(17)18)10(12(14,15)16)20-9(5)8(13)4-6/h2,4,7,10H,3H2,1H3,(H,17,18)/t7-,10+/m1/s1. The smallest absolute Gasteiger partial charge is 0.426 e. The van der Waals surface area contributed by atoms with Crippen molar-refractivity contribution in [3.63, 3.8) is 0 Å². The molecule has 110 valence electrons. The fourth-order valence-electron chi connectivity index (χ4n) is 2.09. The molecule has 0 spiro atoms. The Hall–Kier alpha value is -1.63. The van der Waals surface area contributed by atoms with Crippen LogP contribution in [0.2, 0.25) is 5.02 Å². The summed E-state index contributed by atoms with van der Waals surface area (Å²) in [5.74, 6) is -3.11. The third-order valence-electron chi connectivity index (χ3n) is 3.02. The maximum absolute atomic E-state index is 12.9. The maximum atomic E-state index is 12.9. The molecule has 4 nitrogen and oxygen atoms in total. The van der Waals surface area contributed by atoms with E-state index in [2.05, 4.69) is 0 Å². The number of aliphatic carboxylic acids is 1. The van der Waals surface area contributed by atoms with Gasteiger partial charge in [0.1, 0.15) is 17.4 Å². The molecule has 0 radical (unpaired) electrons. The Kier molecular flexibility index (Phi) is 3.73. The molecule has 1 aliphatic heterocycles. The molecule has 2 atom stereocenters. The Balaban J connectivity index is 2.48. The first-order valence-electron chi connectivity index (χ1n) is 5.56. The van der Waals surface area contributed by atoms with Crippen LogP contribution in [0.15, 0.2) is 12.1 Å². The summed E-state index contributed by atoms with van der Waals surface area (Å²) >= 11 is 5.85. The second-order valence-corrected chi connectivity index (χ2v) is 4.73. The van der Waals surface area contributed by atoms with Crippen molar-refractivity contribution in [3.05, 3.63) is 22.7 Å². The minimum atomic E-state index is -4.79. The van der Waals surface area contributed by atoms with Crippen molar-refractivity contribution in [2.24, 2.45) is 5.92 Å². The fourth-order valence-corrected chi connectivity index (χ4v) is 2.36. The van der Waals surface area contributed by atoms with Gasteiger partial charge in [-0.15, -0.1) is 0 Å². The number of benzene rings is 1. The van der Waals surface area contributed by atoms with Gasteiger partial charge in [-0.05, 0) is 12.5 Å². The Labute approximate surface area is 117 Å². The van der Waals surface area contributed by atoms with E-state index >= 15 is 0 Å². The first-order valence-corrected chi connectivity index (χ1v) is 5.94. The molecular weight excluding hydrogens is 301 g/mol. The number of halogens is 4. The minimum absolute atomic E-state index is 0.0440. The number of rotatable bonds is 2. The second kappa shape index (κ2) is 5.05. The molecule has 1 aliphatic rings. The van der Waals surface area contributed by atoms with Gasteiger partial charge in [0.05, 0.1) is 12.1 Å². The third kappa shape index (κ3) is 2.63. The molecule has 0 unspecified atom stereocenters. The zero-order valence-electron chi connectivity index (χ0n) is 10.2. The minimum Gasteiger partial charge on any atom is -0.497 e. The van der Waals surface area contributed by atoms with Gasteiger partial charge >= 0.3 is 12.1 Å². The van der Waals surface area contributed by atoms with Crippen LogP contribution in [0, 0.1) is 5.92 Å². The highest BCUT2D eigenvalue weighted by Gasteiger charge is 2.52. The van der Waals surface area contributed by atoms with Gasteiger partial charge in [-0.1, -0.05) is 11.6 Å². The van der Waals surface area contributed by atoms with Gasteiger partial charge in [-0.25, -0.2) is 0 Å². The van der Waals surface area contributed by atoms with E-state index in [1.807, 2.05) is 0 Å². The van der Waals surface area contributed by atoms with Crippen molar-refractivity contribution < 1.29 is 32.5 Å². The van der Waals surface area contributed by atoms with Crippen molar-refractivity contribution >= 4 is 17.6 Å². The molecule has 8 heteroatoms. The summed E-state index contributed by atoms with van der Waals surface area (Å²) in [6, 6.07) is 2.73. The largest absolute Gasteiger partial charge is 0.497 e. The highest BCUT2D eigenvalue weighted by Crippen LogP contribution is 2.43. The maximum Gasteiger partial charge on any atom is 0.426 e. The topological polar surface area (TPSA) is 55.8 Å². The molecule has 0 aliphatic carbocycles. The monoisotopic (exact) mass is 310 g/mol. The summed E-state index contributed by atoms with van der Waals surface area (Å²) < 4.78 is 48.3. The van der Waals surface area contributed by atoms with E-state index in [1.54, 1.807) is 0 Å². The fraction of sp³-hybridized carbons (Fsp3) is 0.417. The predicted octanol–water partition coefficient (Wildman–Crippen LogP) is 2.92. The highest BCUT2D eigenvalue weighted by atomic mass is 35.5. The van der Waals surface area contributed by atoms with E-state index in [0.717, 1.165) is 0 Å². The summed E-state index contributed by atoms with van der Waals surface area (Å²) in [6.45, 7) is 0. The van der Waals surface area contributed by atoms with Crippen LogP contribution in [0.1, 0.15) is 5.56 Å². The molecule has 20 heavy (non-hydrogen) atoms. The molecule has 0 amide bonds. The van der Waals surface area contributed by atoms with E-state index in [-0.39, 0.29) is 22.8 Å². The Morgan fingerprint density at radius 3 is 2.65 bits per heavy atom. The van der Waals surface area contributed by atoms with E-state index in [9.17, 15) is 18.0 Å².